The average Bonchev–Trinajstić information content (AvgIpc) is 3.00. The summed E-state index contributed by atoms with van der Waals surface area (Å²) < 4.78 is 19.4. The Labute approximate surface area is 160 Å². The molecule has 2 aliphatic heterocycles. The Bertz CT molecular complexity index is 696. The summed E-state index contributed by atoms with van der Waals surface area (Å²) in [6, 6.07) is 6.41. The summed E-state index contributed by atoms with van der Waals surface area (Å²) in [7, 11) is 0. The lowest BCUT2D eigenvalue weighted by Gasteiger charge is -2.40. The van der Waals surface area contributed by atoms with Gasteiger partial charge in [-0.15, -0.1) is 0 Å². The number of piperidine rings is 1. The molecule has 2 heterocycles. The number of guanidine groups is 1. The number of para-hydroxylation sites is 1. The molecule has 2 fully saturated rings. The number of hydrogen-bond donors (Lipinski definition) is 2. The molecule has 2 atom stereocenters. The predicted octanol–water partition coefficient (Wildman–Crippen LogP) is 2.16. The molecule has 2 N–H and O–H groups in total. The number of benzene rings is 1. The lowest BCUT2D eigenvalue weighted by Crippen LogP contribution is -2.51. The minimum atomic E-state index is -0.364. The maximum Gasteiger partial charge on any atom is 0.220 e. The van der Waals surface area contributed by atoms with Crippen molar-refractivity contribution in [2.24, 2.45) is 10.4 Å². The molecule has 2 saturated heterocycles. The fourth-order valence-electron chi connectivity index (χ4n) is 3.86. The second-order valence-electron chi connectivity index (χ2n) is 7.53. The summed E-state index contributed by atoms with van der Waals surface area (Å²) in [5.74, 6) is 0.861. The van der Waals surface area contributed by atoms with Crippen molar-refractivity contribution in [3.05, 3.63) is 30.1 Å². The number of ether oxygens (including phenoxy) is 1. The fourth-order valence-corrected chi connectivity index (χ4v) is 3.86. The first kappa shape index (κ1) is 19.5. The molecule has 7 heteroatoms. The van der Waals surface area contributed by atoms with E-state index in [9.17, 15) is 9.18 Å². The highest BCUT2D eigenvalue weighted by Crippen LogP contribution is 2.36. The van der Waals surface area contributed by atoms with E-state index in [4.69, 9.17) is 9.73 Å². The van der Waals surface area contributed by atoms with Crippen LogP contribution in [0.5, 0.6) is 5.75 Å². The molecule has 1 aromatic carbocycles. The number of likely N-dealkylation sites (tertiary alicyclic amines) is 1. The number of rotatable bonds is 5. The predicted molar refractivity (Wildman–Crippen MR) is 103 cm³/mol. The van der Waals surface area contributed by atoms with Crippen molar-refractivity contribution in [2.45, 2.75) is 39.2 Å². The van der Waals surface area contributed by atoms with Crippen LogP contribution in [-0.2, 0) is 4.79 Å². The first-order valence-corrected chi connectivity index (χ1v) is 9.72. The Kier molecular flexibility index (Phi) is 6.19. The van der Waals surface area contributed by atoms with Gasteiger partial charge in [-0.3, -0.25) is 4.79 Å². The van der Waals surface area contributed by atoms with Crippen LogP contribution in [0, 0.1) is 11.2 Å². The van der Waals surface area contributed by atoms with Gasteiger partial charge in [0.1, 0.15) is 6.10 Å². The number of carbonyl (C=O) groups excluding carboxylic acids is 1. The molecule has 148 valence electrons. The molecule has 1 spiro atoms. The van der Waals surface area contributed by atoms with Gasteiger partial charge in [0.15, 0.2) is 17.5 Å². The second-order valence-corrected chi connectivity index (χ2v) is 7.53. The SMILES string of the molecule is CCNC(=NCC(C)Oc1ccccc1F)N1CCCC2(CNC(=O)C2)C1. The van der Waals surface area contributed by atoms with Crippen molar-refractivity contribution >= 4 is 11.9 Å². The molecule has 2 aliphatic rings. The maximum atomic E-state index is 13.7. The second kappa shape index (κ2) is 8.59. The minimum absolute atomic E-state index is 0.0147. The maximum absolute atomic E-state index is 13.7. The topological polar surface area (TPSA) is 66.0 Å². The van der Waals surface area contributed by atoms with Gasteiger partial charge in [0.25, 0.3) is 0 Å². The van der Waals surface area contributed by atoms with Gasteiger partial charge in [-0.05, 0) is 38.8 Å². The van der Waals surface area contributed by atoms with Gasteiger partial charge in [-0.1, -0.05) is 12.1 Å². The summed E-state index contributed by atoms with van der Waals surface area (Å²) in [6.45, 7) is 7.60. The van der Waals surface area contributed by atoms with Gasteiger partial charge >= 0.3 is 0 Å². The Balaban J connectivity index is 1.63. The van der Waals surface area contributed by atoms with E-state index in [2.05, 4.69) is 15.5 Å². The van der Waals surface area contributed by atoms with Gasteiger partial charge in [0.2, 0.25) is 5.91 Å². The molecular weight excluding hydrogens is 347 g/mol. The summed E-state index contributed by atoms with van der Waals surface area (Å²) in [5.41, 5.74) is 0.0147. The lowest BCUT2D eigenvalue weighted by molar-refractivity contribution is -0.119. The Morgan fingerprint density at radius 2 is 2.30 bits per heavy atom. The third-order valence-corrected chi connectivity index (χ3v) is 5.15. The number of nitrogens with one attached hydrogen (secondary N) is 2. The highest BCUT2D eigenvalue weighted by Gasteiger charge is 2.42. The van der Waals surface area contributed by atoms with E-state index in [1.54, 1.807) is 18.2 Å². The number of amides is 1. The molecule has 1 aromatic rings. The summed E-state index contributed by atoms with van der Waals surface area (Å²) >= 11 is 0. The van der Waals surface area contributed by atoms with Crippen LogP contribution >= 0.6 is 0 Å². The van der Waals surface area contributed by atoms with Crippen LogP contribution in [0.1, 0.15) is 33.1 Å². The molecule has 1 amide bonds. The Hall–Kier alpha value is -2.31. The normalized spacial score (nSPS) is 24.0. The molecule has 0 saturated carbocycles. The molecule has 27 heavy (non-hydrogen) atoms. The highest BCUT2D eigenvalue weighted by molar-refractivity contribution is 5.81. The van der Waals surface area contributed by atoms with Gasteiger partial charge in [-0.2, -0.15) is 0 Å². The fraction of sp³-hybridized carbons (Fsp3) is 0.600. The third-order valence-electron chi connectivity index (χ3n) is 5.15. The summed E-state index contributed by atoms with van der Waals surface area (Å²) in [5, 5.41) is 6.31. The first-order valence-electron chi connectivity index (χ1n) is 9.72. The number of halogens is 1. The third kappa shape index (κ3) is 4.90. The van der Waals surface area contributed by atoms with E-state index in [1.165, 1.54) is 6.07 Å². The number of nitrogens with zero attached hydrogens (tertiary/aromatic N) is 2. The van der Waals surface area contributed by atoms with E-state index in [0.717, 1.165) is 45.0 Å². The van der Waals surface area contributed by atoms with Gasteiger partial charge in [0, 0.05) is 38.0 Å². The molecule has 6 nitrogen and oxygen atoms in total. The monoisotopic (exact) mass is 376 g/mol. The standard InChI is InChI=1S/C20H29FN4O2/c1-3-22-19(23-12-15(2)27-17-8-5-4-7-16(17)21)25-10-6-9-20(14-25)11-18(26)24-13-20/h4-5,7-8,15H,3,6,9-14H2,1-2H3,(H,22,23)(H,24,26). The summed E-state index contributed by atoms with van der Waals surface area (Å²) in [4.78, 5) is 18.7. The van der Waals surface area contributed by atoms with Crippen molar-refractivity contribution in [1.29, 1.82) is 0 Å². The van der Waals surface area contributed by atoms with Crippen molar-refractivity contribution in [1.82, 2.24) is 15.5 Å². The average molecular weight is 376 g/mol. The zero-order valence-corrected chi connectivity index (χ0v) is 16.1. The molecule has 2 unspecified atom stereocenters. The van der Waals surface area contributed by atoms with Crippen molar-refractivity contribution in [3.8, 4) is 5.75 Å². The van der Waals surface area contributed by atoms with Crippen LogP contribution in [0.2, 0.25) is 0 Å². The molecule has 0 aliphatic carbocycles. The number of carbonyl (C=O) groups is 1. The molecular formula is C20H29FN4O2. The van der Waals surface area contributed by atoms with Gasteiger partial charge in [-0.25, -0.2) is 9.38 Å². The highest BCUT2D eigenvalue weighted by atomic mass is 19.1. The Morgan fingerprint density at radius 3 is 3.00 bits per heavy atom. The molecule has 0 aromatic heterocycles. The van der Waals surface area contributed by atoms with Crippen LogP contribution in [-0.4, -0.2) is 55.6 Å². The van der Waals surface area contributed by atoms with E-state index < -0.39 is 0 Å². The number of hydrogen-bond acceptors (Lipinski definition) is 3. The van der Waals surface area contributed by atoms with Crippen LogP contribution in [0.25, 0.3) is 0 Å². The first-order chi connectivity index (χ1) is 13.0. The number of aliphatic imine (C=N–C) groups is 1. The van der Waals surface area contributed by atoms with Crippen molar-refractivity contribution in [3.63, 3.8) is 0 Å². The molecule has 3 rings (SSSR count). The van der Waals surface area contributed by atoms with Crippen LogP contribution in [0.3, 0.4) is 0 Å². The van der Waals surface area contributed by atoms with Gasteiger partial charge < -0.3 is 20.3 Å². The van der Waals surface area contributed by atoms with E-state index >= 15 is 0 Å². The van der Waals surface area contributed by atoms with Gasteiger partial charge in [0.05, 0.1) is 6.54 Å². The minimum Gasteiger partial charge on any atom is -0.486 e. The van der Waals surface area contributed by atoms with E-state index in [-0.39, 0.29) is 29.0 Å². The Morgan fingerprint density at radius 1 is 1.48 bits per heavy atom. The van der Waals surface area contributed by atoms with Crippen LogP contribution in [0.4, 0.5) is 4.39 Å². The van der Waals surface area contributed by atoms with Crippen molar-refractivity contribution < 1.29 is 13.9 Å². The van der Waals surface area contributed by atoms with E-state index in [1.807, 2.05) is 13.8 Å². The smallest absolute Gasteiger partial charge is 0.220 e. The van der Waals surface area contributed by atoms with Crippen LogP contribution in [0.15, 0.2) is 29.3 Å². The largest absolute Gasteiger partial charge is 0.486 e. The summed E-state index contributed by atoms with van der Waals surface area (Å²) in [6.07, 6.45) is 2.45. The zero-order valence-electron chi connectivity index (χ0n) is 16.1. The van der Waals surface area contributed by atoms with Crippen molar-refractivity contribution in [2.75, 3.05) is 32.7 Å². The molecule has 0 radical (unpaired) electrons. The van der Waals surface area contributed by atoms with E-state index in [0.29, 0.717) is 13.0 Å². The zero-order chi connectivity index (χ0) is 19.3. The lowest BCUT2D eigenvalue weighted by atomic mass is 9.79. The molecule has 0 bridgehead atoms. The van der Waals surface area contributed by atoms with Crippen LogP contribution < -0.4 is 15.4 Å². The quantitative estimate of drug-likeness (QED) is 0.611.